The Morgan fingerprint density at radius 3 is 3.33 bits per heavy atom. The highest BCUT2D eigenvalue weighted by Gasteiger charge is 1.89. The maximum Gasteiger partial charge on any atom is 0.132 e. The van der Waals surface area contributed by atoms with Crippen molar-refractivity contribution in [3.63, 3.8) is 0 Å². The highest BCUT2D eigenvalue weighted by atomic mass is 35.5. The monoisotopic (exact) mass is 146 g/mol. The molecule has 0 saturated carbocycles. The molecule has 1 aromatic heterocycles. The number of ether oxygens (including phenoxy) is 1. The summed E-state index contributed by atoms with van der Waals surface area (Å²) in [6, 6.07) is -0.368. The van der Waals surface area contributed by atoms with Gasteiger partial charge in [0.25, 0.3) is 0 Å². The Morgan fingerprint density at radius 1 is 1.89 bits per heavy atom. The van der Waals surface area contributed by atoms with E-state index in [9.17, 15) is 0 Å². The third-order valence-corrected chi connectivity index (χ3v) is 0.923. The third-order valence-electron chi connectivity index (χ3n) is 0.744. The zero-order valence-electron chi connectivity index (χ0n) is 7.73. The Hall–Kier alpha value is -0.760. The van der Waals surface area contributed by atoms with Gasteiger partial charge in [-0.05, 0) is 6.04 Å². The van der Waals surface area contributed by atoms with Gasteiger partial charge >= 0.3 is 0 Å². The van der Waals surface area contributed by atoms with Gasteiger partial charge in [0, 0.05) is 12.2 Å². The molecule has 0 aliphatic rings. The maximum absolute atomic E-state index is 7.31. The summed E-state index contributed by atoms with van der Waals surface area (Å²) in [6.45, 7) is 0. The molecular formula is C6H6ClNO. The second kappa shape index (κ2) is 2.69. The molecule has 0 aliphatic carbocycles. The number of pyridine rings is 1. The lowest BCUT2D eigenvalue weighted by molar-refractivity contribution is 0.414. The van der Waals surface area contributed by atoms with Gasteiger partial charge in [-0.25, -0.2) is 4.98 Å². The lowest BCUT2D eigenvalue weighted by atomic mass is 10.5. The largest absolute Gasteiger partial charge is 0.497 e. The second-order valence-corrected chi connectivity index (χ2v) is 1.66. The van der Waals surface area contributed by atoms with Crippen molar-refractivity contribution in [1.82, 2.24) is 4.98 Å². The summed E-state index contributed by atoms with van der Waals surface area (Å²) in [5.41, 5.74) is 0. The van der Waals surface area contributed by atoms with Crippen molar-refractivity contribution < 1.29 is 8.85 Å². The predicted octanol–water partition coefficient (Wildman–Crippen LogP) is 1.74. The van der Waals surface area contributed by atoms with Crippen molar-refractivity contribution in [3.05, 3.63) is 23.4 Å². The lowest BCUT2D eigenvalue weighted by Crippen LogP contribution is -1.82. The van der Waals surface area contributed by atoms with Crippen LogP contribution in [0.15, 0.2) is 18.3 Å². The summed E-state index contributed by atoms with van der Waals surface area (Å²) in [7, 11) is 1.32. The number of aromatic nitrogens is 1. The Balaban J connectivity index is 3.42. The maximum atomic E-state index is 7.31. The first kappa shape index (κ1) is 3.42. The van der Waals surface area contributed by atoms with Gasteiger partial charge in [-0.15, -0.1) is 0 Å². The Labute approximate surface area is 62.6 Å². The first-order valence-corrected chi connectivity index (χ1v) is 2.63. The van der Waals surface area contributed by atoms with E-state index in [1.54, 1.807) is 0 Å². The van der Waals surface area contributed by atoms with Crippen molar-refractivity contribution in [2.45, 2.75) is 0 Å². The molecule has 48 valence electrons. The predicted molar refractivity (Wildman–Crippen MR) is 35.8 cm³/mol. The number of methoxy groups -OCH3 is 1. The summed E-state index contributed by atoms with van der Waals surface area (Å²) in [5.74, 6) is -0.0139. The molecular weight excluding hydrogens is 138 g/mol. The Morgan fingerprint density at radius 2 is 2.67 bits per heavy atom. The molecule has 0 aliphatic heterocycles. The topological polar surface area (TPSA) is 22.1 Å². The van der Waals surface area contributed by atoms with Crippen LogP contribution in [0, 0.1) is 0 Å². The fraction of sp³-hybridized carbons (Fsp3) is 0.167. The molecule has 0 aromatic carbocycles. The Kier molecular flexibility index (Phi) is 1.02. The quantitative estimate of drug-likeness (QED) is 0.563. The van der Waals surface area contributed by atoms with E-state index in [2.05, 4.69) is 4.98 Å². The molecule has 0 N–H and O–H groups in total. The van der Waals surface area contributed by atoms with Crippen molar-refractivity contribution in [3.8, 4) is 5.75 Å². The zero-order valence-corrected chi connectivity index (χ0v) is 5.49. The van der Waals surface area contributed by atoms with Crippen LogP contribution >= 0.6 is 11.6 Å². The molecule has 0 unspecified atom stereocenters. The van der Waals surface area contributed by atoms with E-state index >= 15 is 0 Å². The summed E-state index contributed by atoms with van der Waals surface area (Å²) >= 11 is 5.49. The SMILES string of the molecule is [2H]c1nc(Cl)c([2H])c(OC)c1[2H]. The van der Waals surface area contributed by atoms with Crippen molar-refractivity contribution in [1.29, 1.82) is 0 Å². The minimum Gasteiger partial charge on any atom is -0.497 e. The van der Waals surface area contributed by atoms with Crippen LogP contribution in [0.3, 0.4) is 0 Å². The van der Waals surface area contributed by atoms with Crippen molar-refractivity contribution >= 4 is 11.6 Å². The van der Waals surface area contributed by atoms with Gasteiger partial charge in [-0.2, -0.15) is 0 Å². The number of nitrogens with zero attached hydrogens (tertiary/aromatic N) is 1. The molecule has 0 saturated heterocycles. The van der Waals surface area contributed by atoms with Crippen LogP contribution in [0.25, 0.3) is 0 Å². The van der Waals surface area contributed by atoms with Gasteiger partial charge < -0.3 is 4.74 Å². The minimum absolute atomic E-state index is 0.0139. The number of hydrogen-bond donors (Lipinski definition) is 0. The van der Waals surface area contributed by atoms with Gasteiger partial charge in [0.15, 0.2) is 0 Å². The van der Waals surface area contributed by atoms with Crippen LogP contribution in [0.2, 0.25) is 5.15 Å². The molecule has 9 heavy (non-hydrogen) atoms. The summed E-state index contributed by atoms with van der Waals surface area (Å²) in [4.78, 5) is 3.46. The van der Waals surface area contributed by atoms with Gasteiger partial charge in [-0.1, -0.05) is 11.6 Å². The van der Waals surface area contributed by atoms with E-state index in [1.807, 2.05) is 0 Å². The minimum atomic E-state index is -0.284. The van der Waals surface area contributed by atoms with E-state index in [4.69, 9.17) is 20.5 Å². The second-order valence-electron chi connectivity index (χ2n) is 1.30. The molecule has 0 radical (unpaired) electrons. The molecule has 1 heterocycles. The molecule has 0 bridgehead atoms. The van der Waals surface area contributed by atoms with E-state index in [1.165, 1.54) is 7.11 Å². The highest BCUT2D eigenvalue weighted by Crippen LogP contribution is 2.12. The van der Waals surface area contributed by atoms with E-state index in [0.29, 0.717) is 0 Å². The standard InChI is InChI=1S/C6H6ClNO/c1-9-5-2-3-8-6(7)4-5/h2-4H,1H3/i2D,3D,4D. The highest BCUT2D eigenvalue weighted by molar-refractivity contribution is 6.29. The normalized spacial score (nSPS) is 13.8. The van der Waals surface area contributed by atoms with Gasteiger partial charge in [-0.3, -0.25) is 0 Å². The molecule has 2 nitrogen and oxygen atoms in total. The molecule has 0 atom stereocenters. The van der Waals surface area contributed by atoms with Gasteiger partial charge in [0.2, 0.25) is 0 Å². The van der Waals surface area contributed by atoms with Crippen molar-refractivity contribution in [2.24, 2.45) is 0 Å². The van der Waals surface area contributed by atoms with Crippen LogP contribution in [0.1, 0.15) is 4.11 Å². The first-order chi connectivity index (χ1) is 5.57. The average Bonchev–Trinajstić information content (AvgIpc) is 2.02. The molecule has 0 amide bonds. The van der Waals surface area contributed by atoms with Crippen LogP contribution < -0.4 is 4.74 Å². The van der Waals surface area contributed by atoms with Crippen LogP contribution in [0.4, 0.5) is 0 Å². The number of hydrogen-bond acceptors (Lipinski definition) is 2. The van der Waals surface area contributed by atoms with E-state index in [-0.39, 0.29) is 29.2 Å². The molecule has 0 fully saturated rings. The fourth-order valence-electron chi connectivity index (χ4n) is 0.383. The van der Waals surface area contributed by atoms with Crippen LogP contribution in [0.5, 0.6) is 5.75 Å². The van der Waals surface area contributed by atoms with E-state index in [0.717, 1.165) is 0 Å². The molecule has 0 spiro atoms. The summed E-state index contributed by atoms with van der Waals surface area (Å²) < 4.78 is 26.5. The van der Waals surface area contributed by atoms with E-state index < -0.39 is 0 Å². The van der Waals surface area contributed by atoms with Crippen molar-refractivity contribution in [2.75, 3.05) is 7.11 Å². The molecule has 1 rings (SSSR count). The Bertz CT molecular complexity index is 292. The molecule has 1 aromatic rings. The number of halogens is 1. The van der Waals surface area contributed by atoms with Crippen LogP contribution in [-0.4, -0.2) is 12.1 Å². The fourth-order valence-corrected chi connectivity index (χ4v) is 0.511. The number of rotatable bonds is 1. The smallest absolute Gasteiger partial charge is 0.132 e. The average molecular weight is 147 g/mol. The van der Waals surface area contributed by atoms with Gasteiger partial charge in [0.05, 0.1) is 11.2 Å². The molecule has 3 heteroatoms. The lowest BCUT2D eigenvalue weighted by Gasteiger charge is -1.96. The zero-order chi connectivity index (χ0) is 9.30. The first-order valence-electron chi connectivity index (χ1n) is 3.75. The van der Waals surface area contributed by atoms with Gasteiger partial charge in [0.1, 0.15) is 10.9 Å². The van der Waals surface area contributed by atoms with Crippen LogP contribution in [-0.2, 0) is 0 Å². The third kappa shape index (κ3) is 1.57. The summed E-state index contributed by atoms with van der Waals surface area (Å²) in [5, 5.41) is -0.118. The summed E-state index contributed by atoms with van der Waals surface area (Å²) in [6.07, 6.45) is -0.284.